The highest BCUT2D eigenvalue weighted by molar-refractivity contribution is 14.0. The number of thiophene rings is 1. The predicted octanol–water partition coefficient (Wildman–Crippen LogP) is 2.91. The standard InChI is InChI=1S/C14H23N3OS.HI/c1-11-5-6-12(19-11)9-16-13(15-3)17-10-14(2)7-4-8-18-14;/h5-6H,4,7-10H2,1-3H3,(H2,15,16,17);1H. The average molecular weight is 409 g/mol. The molecular formula is C14H24IN3OS. The zero-order valence-electron chi connectivity index (χ0n) is 12.4. The van der Waals surface area contributed by atoms with Gasteiger partial charge in [0.05, 0.1) is 12.1 Å². The van der Waals surface area contributed by atoms with Crippen molar-refractivity contribution in [1.82, 2.24) is 10.6 Å². The Kier molecular flexibility index (Phi) is 7.25. The van der Waals surface area contributed by atoms with Crippen molar-refractivity contribution in [2.24, 2.45) is 4.99 Å². The lowest BCUT2D eigenvalue weighted by atomic mass is 10.0. The third-order valence-electron chi connectivity index (χ3n) is 3.38. The van der Waals surface area contributed by atoms with Crippen LogP contribution in [0.3, 0.4) is 0 Å². The first-order chi connectivity index (χ1) is 9.11. The molecule has 1 atom stereocenters. The molecule has 114 valence electrons. The Hall–Kier alpha value is -0.340. The molecular weight excluding hydrogens is 385 g/mol. The van der Waals surface area contributed by atoms with Crippen molar-refractivity contribution >= 4 is 41.3 Å². The fourth-order valence-corrected chi connectivity index (χ4v) is 3.05. The van der Waals surface area contributed by atoms with E-state index in [2.05, 4.69) is 41.6 Å². The summed E-state index contributed by atoms with van der Waals surface area (Å²) in [5, 5.41) is 6.68. The Labute approximate surface area is 142 Å². The first kappa shape index (κ1) is 17.7. The zero-order valence-corrected chi connectivity index (χ0v) is 15.5. The second-order valence-electron chi connectivity index (χ2n) is 5.19. The summed E-state index contributed by atoms with van der Waals surface area (Å²) in [6.07, 6.45) is 2.26. The van der Waals surface area contributed by atoms with Crippen LogP contribution in [0.5, 0.6) is 0 Å². The molecule has 1 saturated heterocycles. The Morgan fingerprint density at radius 3 is 2.80 bits per heavy atom. The molecule has 0 spiro atoms. The number of aryl methyl sites for hydroxylation is 1. The number of guanidine groups is 1. The number of ether oxygens (including phenoxy) is 1. The summed E-state index contributed by atoms with van der Waals surface area (Å²) < 4.78 is 5.76. The van der Waals surface area contributed by atoms with Crippen LogP contribution < -0.4 is 10.6 Å². The Balaban J connectivity index is 0.00000200. The molecule has 4 nitrogen and oxygen atoms in total. The minimum atomic E-state index is -0.0445. The second-order valence-corrected chi connectivity index (χ2v) is 6.57. The van der Waals surface area contributed by atoms with Gasteiger partial charge in [-0.05, 0) is 38.8 Å². The first-order valence-electron chi connectivity index (χ1n) is 6.75. The van der Waals surface area contributed by atoms with Crippen LogP contribution in [-0.4, -0.2) is 31.8 Å². The van der Waals surface area contributed by atoms with Crippen molar-refractivity contribution in [2.45, 2.75) is 38.8 Å². The Bertz CT molecular complexity index is 441. The number of aliphatic imine (C=N–C) groups is 1. The van der Waals surface area contributed by atoms with Crippen LogP contribution in [0.25, 0.3) is 0 Å². The molecule has 0 bridgehead atoms. The smallest absolute Gasteiger partial charge is 0.191 e. The summed E-state index contributed by atoms with van der Waals surface area (Å²) in [7, 11) is 1.80. The Morgan fingerprint density at radius 1 is 1.45 bits per heavy atom. The molecule has 20 heavy (non-hydrogen) atoms. The van der Waals surface area contributed by atoms with E-state index in [1.165, 1.54) is 9.75 Å². The van der Waals surface area contributed by atoms with E-state index < -0.39 is 0 Å². The number of halogens is 1. The lowest BCUT2D eigenvalue weighted by Crippen LogP contribution is -2.45. The number of nitrogens with one attached hydrogen (secondary N) is 2. The van der Waals surface area contributed by atoms with Gasteiger partial charge < -0.3 is 15.4 Å². The quantitative estimate of drug-likeness (QED) is 0.457. The average Bonchev–Trinajstić information content (AvgIpc) is 2.99. The van der Waals surface area contributed by atoms with Crippen LogP contribution in [0.1, 0.15) is 29.5 Å². The lowest BCUT2D eigenvalue weighted by Gasteiger charge is -2.24. The van der Waals surface area contributed by atoms with Gasteiger partial charge in [-0.3, -0.25) is 4.99 Å². The van der Waals surface area contributed by atoms with Crippen LogP contribution in [0, 0.1) is 6.92 Å². The van der Waals surface area contributed by atoms with Crippen molar-refractivity contribution in [2.75, 3.05) is 20.2 Å². The fraction of sp³-hybridized carbons (Fsp3) is 0.643. The molecule has 2 N–H and O–H groups in total. The summed E-state index contributed by atoms with van der Waals surface area (Å²) in [6, 6.07) is 4.30. The maximum atomic E-state index is 5.76. The van der Waals surface area contributed by atoms with Crippen LogP contribution >= 0.6 is 35.3 Å². The molecule has 0 saturated carbocycles. The van der Waals surface area contributed by atoms with E-state index in [-0.39, 0.29) is 29.6 Å². The molecule has 1 unspecified atom stereocenters. The van der Waals surface area contributed by atoms with Gasteiger partial charge in [-0.2, -0.15) is 0 Å². The molecule has 1 fully saturated rings. The third-order valence-corrected chi connectivity index (χ3v) is 4.38. The van der Waals surface area contributed by atoms with Gasteiger partial charge in [-0.25, -0.2) is 0 Å². The lowest BCUT2D eigenvalue weighted by molar-refractivity contribution is 0.0243. The highest BCUT2D eigenvalue weighted by Gasteiger charge is 2.29. The molecule has 6 heteroatoms. The topological polar surface area (TPSA) is 45.7 Å². The summed E-state index contributed by atoms with van der Waals surface area (Å²) in [5.41, 5.74) is -0.0445. The largest absolute Gasteiger partial charge is 0.373 e. The van der Waals surface area contributed by atoms with Crippen molar-refractivity contribution in [3.8, 4) is 0 Å². The van der Waals surface area contributed by atoms with E-state index in [4.69, 9.17) is 4.74 Å². The van der Waals surface area contributed by atoms with Gasteiger partial charge >= 0.3 is 0 Å². The first-order valence-corrected chi connectivity index (χ1v) is 7.57. The van der Waals surface area contributed by atoms with Crippen LogP contribution in [0.2, 0.25) is 0 Å². The number of rotatable bonds is 4. The van der Waals surface area contributed by atoms with Crippen LogP contribution in [0.4, 0.5) is 0 Å². The zero-order chi connectivity index (χ0) is 13.7. The van der Waals surface area contributed by atoms with Gasteiger partial charge in [0.1, 0.15) is 0 Å². The highest BCUT2D eigenvalue weighted by atomic mass is 127. The summed E-state index contributed by atoms with van der Waals surface area (Å²) in [6.45, 7) is 6.77. The van der Waals surface area contributed by atoms with E-state index in [1.54, 1.807) is 7.05 Å². The van der Waals surface area contributed by atoms with Gasteiger partial charge in [-0.15, -0.1) is 35.3 Å². The van der Waals surface area contributed by atoms with Gasteiger partial charge in [-0.1, -0.05) is 0 Å². The van der Waals surface area contributed by atoms with Crippen LogP contribution in [0.15, 0.2) is 17.1 Å². The van der Waals surface area contributed by atoms with Crippen molar-refractivity contribution in [1.29, 1.82) is 0 Å². The van der Waals surface area contributed by atoms with Crippen molar-refractivity contribution in [3.05, 3.63) is 21.9 Å². The van der Waals surface area contributed by atoms with E-state index >= 15 is 0 Å². The Morgan fingerprint density at radius 2 is 2.25 bits per heavy atom. The summed E-state index contributed by atoms with van der Waals surface area (Å²) in [4.78, 5) is 6.91. The second kappa shape index (κ2) is 8.19. The van der Waals surface area contributed by atoms with E-state index in [0.29, 0.717) is 0 Å². The van der Waals surface area contributed by atoms with E-state index in [9.17, 15) is 0 Å². The third kappa shape index (κ3) is 5.21. The molecule has 2 heterocycles. The minimum Gasteiger partial charge on any atom is -0.373 e. The molecule has 1 aromatic heterocycles. The molecule has 0 amide bonds. The number of hydrogen-bond acceptors (Lipinski definition) is 3. The highest BCUT2D eigenvalue weighted by Crippen LogP contribution is 2.23. The predicted molar refractivity (Wildman–Crippen MR) is 96.3 cm³/mol. The molecule has 0 aromatic carbocycles. The van der Waals surface area contributed by atoms with Gasteiger partial charge in [0.2, 0.25) is 0 Å². The van der Waals surface area contributed by atoms with E-state index in [1.807, 2.05) is 11.3 Å². The minimum absolute atomic E-state index is 0. The monoisotopic (exact) mass is 409 g/mol. The maximum Gasteiger partial charge on any atom is 0.191 e. The SMILES string of the molecule is CN=C(NCc1ccc(C)s1)NCC1(C)CCCO1.I. The molecule has 2 rings (SSSR count). The summed E-state index contributed by atoms with van der Waals surface area (Å²) >= 11 is 1.81. The van der Waals surface area contributed by atoms with Crippen molar-refractivity contribution in [3.63, 3.8) is 0 Å². The summed E-state index contributed by atoms with van der Waals surface area (Å²) in [5.74, 6) is 0.836. The maximum absolute atomic E-state index is 5.76. The normalized spacial score (nSPS) is 22.4. The molecule has 0 aliphatic carbocycles. The molecule has 1 aliphatic heterocycles. The molecule has 1 aliphatic rings. The van der Waals surface area contributed by atoms with Gasteiger partial charge in [0, 0.05) is 30.0 Å². The number of nitrogens with zero attached hydrogens (tertiary/aromatic N) is 1. The van der Waals surface area contributed by atoms with Crippen LogP contribution in [-0.2, 0) is 11.3 Å². The van der Waals surface area contributed by atoms with Gasteiger partial charge in [0.25, 0.3) is 0 Å². The van der Waals surface area contributed by atoms with E-state index in [0.717, 1.165) is 38.5 Å². The molecule has 1 aromatic rings. The van der Waals surface area contributed by atoms with Crippen molar-refractivity contribution < 1.29 is 4.74 Å². The van der Waals surface area contributed by atoms with Gasteiger partial charge in [0.15, 0.2) is 5.96 Å². The number of hydrogen-bond donors (Lipinski definition) is 2. The fourth-order valence-electron chi connectivity index (χ4n) is 2.22. The molecule has 0 radical (unpaired) electrons.